The Kier molecular flexibility index (Phi) is 3.93. The van der Waals surface area contributed by atoms with Crippen LogP contribution in [0.1, 0.15) is 10.4 Å². The number of ether oxygens (including phenoxy) is 2. The van der Waals surface area contributed by atoms with Crippen LogP contribution in [0.2, 0.25) is 0 Å². The third-order valence-corrected chi connectivity index (χ3v) is 2.29. The zero-order valence-electron chi connectivity index (χ0n) is 10.1. The van der Waals surface area contributed by atoms with Crippen molar-refractivity contribution in [3.63, 3.8) is 0 Å². The molecule has 20 heavy (non-hydrogen) atoms. The molecule has 6 heteroatoms. The van der Waals surface area contributed by atoms with Crippen molar-refractivity contribution in [2.45, 2.75) is 6.36 Å². The SMILES string of the molecule is O=C(OC(F)(F)F)c1ccccc1Oc1ccccc1. The van der Waals surface area contributed by atoms with Crippen LogP contribution in [0.4, 0.5) is 13.2 Å². The molecule has 104 valence electrons. The van der Waals surface area contributed by atoms with Crippen LogP contribution in [0, 0.1) is 0 Å². The van der Waals surface area contributed by atoms with E-state index in [-0.39, 0.29) is 11.3 Å². The number of benzene rings is 2. The summed E-state index contributed by atoms with van der Waals surface area (Å²) < 4.78 is 45.0. The predicted octanol–water partition coefficient (Wildman–Crippen LogP) is 4.16. The Labute approximate surface area is 112 Å². The lowest BCUT2D eigenvalue weighted by Crippen LogP contribution is -2.19. The van der Waals surface area contributed by atoms with Gasteiger partial charge in [-0.15, -0.1) is 13.2 Å². The van der Waals surface area contributed by atoms with Gasteiger partial charge in [0.2, 0.25) is 0 Å². The van der Waals surface area contributed by atoms with E-state index in [4.69, 9.17) is 4.74 Å². The van der Waals surface area contributed by atoms with Crippen LogP contribution in [-0.4, -0.2) is 12.3 Å². The van der Waals surface area contributed by atoms with Crippen molar-refractivity contribution in [3.8, 4) is 11.5 Å². The van der Waals surface area contributed by atoms with E-state index in [0.29, 0.717) is 5.75 Å². The third kappa shape index (κ3) is 3.74. The third-order valence-electron chi connectivity index (χ3n) is 2.29. The number of rotatable bonds is 3. The van der Waals surface area contributed by atoms with E-state index in [1.807, 2.05) is 0 Å². The van der Waals surface area contributed by atoms with Gasteiger partial charge in [0, 0.05) is 0 Å². The molecule has 2 aromatic rings. The average molecular weight is 282 g/mol. The maximum Gasteiger partial charge on any atom is 0.575 e. The summed E-state index contributed by atoms with van der Waals surface area (Å²) in [5.41, 5.74) is -0.298. The van der Waals surface area contributed by atoms with Gasteiger partial charge in [-0.1, -0.05) is 30.3 Å². The molecule has 0 radical (unpaired) electrons. The highest BCUT2D eigenvalue weighted by molar-refractivity contribution is 5.92. The molecule has 0 aliphatic rings. The average Bonchev–Trinajstić information content (AvgIpc) is 2.38. The van der Waals surface area contributed by atoms with Gasteiger partial charge in [0.15, 0.2) is 0 Å². The lowest BCUT2D eigenvalue weighted by atomic mass is 10.2. The zero-order valence-corrected chi connectivity index (χ0v) is 10.1. The molecule has 0 saturated heterocycles. The molecule has 0 aromatic heterocycles. The minimum Gasteiger partial charge on any atom is -0.456 e. The van der Waals surface area contributed by atoms with Crippen molar-refractivity contribution in [1.29, 1.82) is 0 Å². The molecule has 0 N–H and O–H groups in total. The van der Waals surface area contributed by atoms with Crippen molar-refractivity contribution in [3.05, 3.63) is 60.2 Å². The summed E-state index contributed by atoms with van der Waals surface area (Å²) in [5.74, 6) is -1.11. The van der Waals surface area contributed by atoms with Crippen molar-refractivity contribution in [2.75, 3.05) is 0 Å². The first-order valence-corrected chi connectivity index (χ1v) is 5.58. The van der Waals surface area contributed by atoms with Crippen molar-refractivity contribution in [2.24, 2.45) is 0 Å². The Bertz CT molecular complexity index is 594. The fraction of sp³-hybridized carbons (Fsp3) is 0.0714. The fourth-order valence-corrected chi connectivity index (χ4v) is 1.50. The molecule has 2 rings (SSSR count). The minimum atomic E-state index is -5.03. The van der Waals surface area contributed by atoms with Gasteiger partial charge in [-0.05, 0) is 24.3 Å². The van der Waals surface area contributed by atoms with Crippen LogP contribution >= 0.6 is 0 Å². The number of hydrogen-bond donors (Lipinski definition) is 0. The Morgan fingerprint density at radius 3 is 2.15 bits per heavy atom. The molecule has 3 nitrogen and oxygen atoms in total. The van der Waals surface area contributed by atoms with Crippen LogP contribution in [0.5, 0.6) is 11.5 Å². The van der Waals surface area contributed by atoms with E-state index in [1.165, 1.54) is 18.2 Å². The highest BCUT2D eigenvalue weighted by Crippen LogP contribution is 2.27. The van der Waals surface area contributed by atoms with Crippen LogP contribution in [-0.2, 0) is 4.74 Å². The van der Waals surface area contributed by atoms with Crippen LogP contribution < -0.4 is 4.74 Å². The van der Waals surface area contributed by atoms with Gasteiger partial charge in [0.1, 0.15) is 17.1 Å². The number of para-hydroxylation sites is 2. The second kappa shape index (κ2) is 5.64. The van der Waals surface area contributed by atoms with Gasteiger partial charge >= 0.3 is 12.3 Å². The normalized spacial score (nSPS) is 10.9. The fourth-order valence-electron chi connectivity index (χ4n) is 1.50. The lowest BCUT2D eigenvalue weighted by Gasteiger charge is -2.11. The molecular weight excluding hydrogens is 273 g/mol. The standard InChI is InChI=1S/C14H9F3O3/c15-14(16,17)20-13(18)11-8-4-5-9-12(11)19-10-6-2-1-3-7-10/h1-9H. The van der Waals surface area contributed by atoms with Crippen LogP contribution in [0.15, 0.2) is 54.6 Å². The molecule has 0 saturated carbocycles. The van der Waals surface area contributed by atoms with Crippen LogP contribution in [0.25, 0.3) is 0 Å². The topological polar surface area (TPSA) is 35.5 Å². The molecule has 0 amide bonds. The quantitative estimate of drug-likeness (QED) is 0.793. The summed E-state index contributed by atoms with van der Waals surface area (Å²) in [5, 5.41) is 0. The highest BCUT2D eigenvalue weighted by atomic mass is 19.4. The smallest absolute Gasteiger partial charge is 0.456 e. The molecule has 0 aliphatic heterocycles. The Morgan fingerprint density at radius 1 is 0.900 bits per heavy atom. The second-order valence-corrected chi connectivity index (χ2v) is 3.75. The van der Waals surface area contributed by atoms with E-state index >= 15 is 0 Å². The molecule has 0 unspecified atom stereocenters. The number of esters is 1. The first-order valence-electron chi connectivity index (χ1n) is 5.58. The van der Waals surface area contributed by atoms with Crippen molar-refractivity contribution < 1.29 is 27.4 Å². The number of carbonyl (C=O) groups is 1. The summed E-state index contributed by atoms with van der Waals surface area (Å²) in [6.07, 6.45) is -5.03. The number of hydrogen-bond acceptors (Lipinski definition) is 3. The Hall–Kier alpha value is -2.50. The molecule has 0 atom stereocenters. The van der Waals surface area contributed by atoms with E-state index < -0.39 is 12.3 Å². The van der Waals surface area contributed by atoms with Gasteiger partial charge in [-0.25, -0.2) is 4.79 Å². The number of alkyl halides is 3. The number of halogens is 3. The highest BCUT2D eigenvalue weighted by Gasteiger charge is 2.35. The van der Waals surface area contributed by atoms with Crippen LogP contribution in [0.3, 0.4) is 0 Å². The number of carbonyl (C=O) groups excluding carboxylic acids is 1. The van der Waals surface area contributed by atoms with Gasteiger partial charge in [0.25, 0.3) is 0 Å². The van der Waals surface area contributed by atoms with Gasteiger partial charge in [0.05, 0.1) is 0 Å². The predicted molar refractivity (Wildman–Crippen MR) is 64.4 cm³/mol. The van der Waals surface area contributed by atoms with Crippen molar-refractivity contribution >= 4 is 5.97 Å². The summed E-state index contributed by atoms with van der Waals surface area (Å²) in [4.78, 5) is 11.4. The Balaban J connectivity index is 2.25. The lowest BCUT2D eigenvalue weighted by molar-refractivity contribution is -0.291. The first kappa shape index (κ1) is 13.9. The minimum absolute atomic E-state index is 0.00653. The molecule has 0 aliphatic carbocycles. The molecule has 0 heterocycles. The van der Waals surface area contributed by atoms with E-state index in [2.05, 4.69) is 4.74 Å². The second-order valence-electron chi connectivity index (χ2n) is 3.75. The summed E-state index contributed by atoms with van der Waals surface area (Å²) in [7, 11) is 0. The van der Waals surface area contributed by atoms with Gasteiger partial charge in [-0.3, -0.25) is 0 Å². The summed E-state index contributed by atoms with van der Waals surface area (Å²) in [6.45, 7) is 0. The van der Waals surface area contributed by atoms with Gasteiger partial charge < -0.3 is 9.47 Å². The van der Waals surface area contributed by atoms with E-state index in [9.17, 15) is 18.0 Å². The largest absolute Gasteiger partial charge is 0.575 e. The van der Waals surface area contributed by atoms with E-state index in [1.54, 1.807) is 36.4 Å². The maximum absolute atomic E-state index is 12.1. The monoisotopic (exact) mass is 282 g/mol. The maximum atomic E-state index is 12.1. The molecule has 0 spiro atoms. The molecule has 0 bridgehead atoms. The van der Waals surface area contributed by atoms with E-state index in [0.717, 1.165) is 0 Å². The summed E-state index contributed by atoms with van der Waals surface area (Å²) >= 11 is 0. The molecule has 2 aromatic carbocycles. The van der Waals surface area contributed by atoms with Crippen molar-refractivity contribution in [1.82, 2.24) is 0 Å². The van der Waals surface area contributed by atoms with Gasteiger partial charge in [-0.2, -0.15) is 0 Å². The Morgan fingerprint density at radius 2 is 1.50 bits per heavy atom. The molecular formula is C14H9F3O3. The first-order chi connectivity index (χ1) is 9.46. The zero-order chi connectivity index (χ0) is 14.6. The summed E-state index contributed by atoms with van der Waals surface area (Å²) in [6, 6.07) is 14.0. The molecule has 0 fully saturated rings.